The molecule has 2 aromatic rings. The fourth-order valence-corrected chi connectivity index (χ4v) is 5.32. The van der Waals surface area contributed by atoms with E-state index < -0.39 is 4.92 Å². The van der Waals surface area contributed by atoms with Gasteiger partial charge in [-0.3, -0.25) is 19.9 Å². The number of hydrogen-bond donors (Lipinski definition) is 0. The van der Waals surface area contributed by atoms with E-state index in [0.29, 0.717) is 22.9 Å². The van der Waals surface area contributed by atoms with Crippen LogP contribution in [0, 0.1) is 10.1 Å². The Hall–Kier alpha value is -1.93. The number of rotatable bonds is 6. The molecule has 7 nitrogen and oxygen atoms in total. The lowest BCUT2D eigenvalue weighted by Crippen LogP contribution is -2.58. The predicted molar refractivity (Wildman–Crippen MR) is 129 cm³/mol. The van der Waals surface area contributed by atoms with Crippen LogP contribution in [0.1, 0.15) is 31.7 Å². The third kappa shape index (κ3) is 5.34. The highest BCUT2D eigenvalue weighted by atomic mass is 35.5. The van der Waals surface area contributed by atoms with Crippen LogP contribution in [0.25, 0.3) is 0 Å². The van der Waals surface area contributed by atoms with Crippen LogP contribution in [0.3, 0.4) is 0 Å². The first kappa shape index (κ1) is 23.2. The monoisotopic (exact) mass is 477 g/mol. The summed E-state index contributed by atoms with van der Waals surface area (Å²) in [6.45, 7) is 8.01. The number of aromatic nitrogens is 1. The zero-order valence-corrected chi connectivity index (χ0v) is 19.8. The van der Waals surface area contributed by atoms with Crippen molar-refractivity contribution in [3.05, 3.63) is 62.3 Å². The highest BCUT2D eigenvalue weighted by Crippen LogP contribution is 2.31. The normalized spacial score (nSPS) is 21.1. The Bertz CT molecular complexity index is 934. The summed E-state index contributed by atoms with van der Waals surface area (Å²) in [5.41, 5.74) is 1.23. The molecule has 2 aliphatic heterocycles. The number of benzene rings is 1. The first-order valence-corrected chi connectivity index (χ1v) is 12.0. The molecule has 1 atom stereocenters. The number of hydrogen-bond acceptors (Lipinski definition) is 6. The molecule has 172 valence electrons. The van der Waals surface area contributed by atoms with Gasteiger partial charge in [0.05, 0.1) is 9.95 Å². The van der Waals surface area contributed by atoms with Crippen molar-refractivity contribution in [2.75, 3.05) is 37.6 Å². The fourth-order valence-electron chi connectivity index (χ4n) is 4.92. The van der Waals surface area contributed by atoms with Gasteiger partial charge in [-0.2, -0.15) is 0 Å². The zero-order valence-electron chi connectivity index (χ0n) is 18.3. The number of piperazine rings is 1. The molecule has 0 saturated carbocycles. The van der Waals surface area contributed by atoms with Gasteiger partial charge >= 0.3 is 0 Å². The van der Waals surface area contributed by atoms with Gasteiger partial charge in [-0.05, 0) is 50.0 Å². The summed E-state index contributed by atoms with van der Waals surface area (Å²) in [5, 5.41) is 12.1. The van der Waals surface area contributed by atoms with Crippen LogP contribution in [-0.4, -0.2) is 64.5 Å². The molecule has 0 N–H and O–H groups in total. The maximum atomic E-state index is 11.0. The molecule has 0 aliphatic carbocycles. The molecule has 9 heteroatoms. The molecule has 1 aromatic carbocycles. The first-order chi connectivity index (χ1) is 15.4. The van der Waals surface area contributed by atoms with E-state index in [2.05, 4.69) is 38.7 Å². The summed E-state index contributed by atoms with van der Waals surface area (Å²) in [6.07, 6.45) is 4.68. The van der Waals surface area contributed by atoms with Crippen LogP contribution >= 0.6 is 23.2 Å². The van der Waals surface area contributed by atoms with E-state index in [4.69, 9.17) is 23.2 Å². The molecule has 0 radical (unpaired) electrons. The van der Waals surface area contributed by atoms with Gasteiger partial charge in [0.1, 0.15) is 12.0 Å². The number of halogens is 2. The van der Waals surface area contributed by atoms with Gasteiger partial charge in [0, 0.05) is 49.4 Å². The molecule has 0 spiro atoms. The lowest BCUT2D eigenvalue weighted by Gasteiger charge is -2.47. The van der Waals surface area contributed by atoms with Crippen molar-refractivity contribution in [2.24, 2.45) is 0 Å². The number of pyridine rings is 1. The average molecular weight is 478 g/mol. The average Bonchev–Trinajstić information content (AvgIpc) is 2.80. The number of likely N-dealkylation sites (tertiary alicyclic amines) is 1. The Morgan fingerprint density at radius 3 is 2.47 bits per heavy atom. The van der Waals surface area contributed by atoms with Gasteiger partial charge in [-0.1, -0.05) is 42.3 Å². The van der Waals surface area contributed by atoms with Gasteiger partial charge in [0.25, 0.3) is 5.69 Å². The minimum atomic E-state index is -0.464. The van der Waals surface area contributed by atoms with Gasteiger partial charge < -0.3 is 4.90 Å². The quantitative estimate of drug-likeness (QED) is 0.437. The third-order valence-corrected chi connectivity index (χ3v) is 7.19. The highest BCUT2D eigenvalue weighted by molar-refractivity contribution is 6.33. The lowest BCUT2D eigenvalue weighted by molar-refractivity contribution is -0.385. The van der Waals surface area contributed by atoms with E-state index in [-0.39, 0.29) is 5.69 Å². The second-order valence-corrected chi connectivity index (χ2v) is 9.48. The second kappa shape index (κ2) is 10.3. The fraction of sp³-hybridized carbons (Fsp3) is 0.522. The largest absolute Gasteiger partial charge is 0.353 e. The van der Waals surface area contributed by atoms with Crippen LogP contribution < -0.4 is 4.90 Å². The van der Waals surface area contributed by atoms with Crippen molar-refractivity contribution < 1.29 is 4.92 Å². The Morgan fingerprint density at radius 1 is 1.12 bits per heavy atom. The Balaban J connectivity index is 1.34. The molecule has 32 heavy (non-hydrogen) atoms. The summed E-state index contributed by atoms with van der Waals surface area (Å²) in [6, 6.07) is 10.5. The molecule has 2 fully saturated rings. The smallest absolute Gasteiger partial charge is 0.289 e. The predicted octanol–water partition coefficient (Wildman–Crippen LogP) is 4.86. The molecule has 2 aliphatic rings. The molecular weight excluding hydrogens is 449 g/mol. The minimum Gasteiger partial charge on any atom is -0.353 e. The van der Waals surface area contributed by atoms with Crippen molar-refractivity contribution in [3.8, 4) is 0 Å². The molecule has 0 bridgehead atoms. The van der Waals surface area contributed by atoms with E-state index in [1.165, 1.54) is 30.7 Å². The van der Waals surface area contributed by atoms with E-state index in [0.717, 1.165) is 50.7 Å². The third-order valence-electron chi connectivity index (χ3n) is 6.66. The van der Waals surface area contributed by atoms with Gasteiger partial charge in [-0.15, -0.1) is 0 Å². The lowest BCUT2D eigenvalue weighted by atomic mass is 9.98. The van der Waals surface area contributed by atoms with Gasteiger partial charge in [0.2, 0.25) is 0 Å². The number of nitro groups is 1. The van der Waals surface area contributed by atoms with Gasteiger partial charge in [0.15, 0.2) is 0 Å². The highest BCUT2D eigenvalue weighted by Gasteiger charge is 2.34. The van der Waals surface area contributed by atoms with Crippen LogP contribution in [-0.2, 0) is 6.54 Å². The molecule has 4 rings (SSSR count). The number of piperidine rings is 1. The van der Waals surface area contributed by atoms with Gasteiger partial charge in [-0.25, -0.2) is 4.98 Å². The van der Waals surface area contributed by atoms with Crippen LogP contribution in [0.5, 0.6) is 0 Å². The summed E-state index contributed by atoms with van der Waals surface area (Å²) in [4.78, 5) is 22.2. The second-order valence-electron chi connectivity index (χ2n) is 8.64. The van der Waals surface area contributed by atoms with E-state index >= 15 is 0 Å². The first-order valence-electron chi connectivity index (χ1n) is 11.2. The molecule has 0 amide bonds. The van der Waals surface area contributed by atoms with Crippen molar-refractivity contribution in [2.45, 2.75) is 44.8 Å². The number of nitrogens with zero attached hydrogens (tertiary/aromatic N) is 5. The maximum absolute atomic E-state index is 11.0. The number of anilines is 1. The SMILES string of the molecule is CC[C@H]1CN(c2ncc([N+](=O)[O-])cc2Cl)CCN1C1CCN(Cc2ccc(Cl)cc2)CC1. The van der Waals surface area contributed by atoms with E-state index in [1.807, 2.05) is 12.1 Å². The summed E-state index contributed by atoms with van der Waals surface area (Å²) >= 11 is 12.3. The topological polar surface area (TPSA) is 65.8 Å². The maximum Gasteiger partial charge on any atom is 0.289 e. The van der Waals surface area contributed by atoms with E-state index in [1.54, 1.807) is 0 Å². The van der Waals surface area contributed by atoms with Crippen molar-refractivity contribution >= 4 is 34.7 Å². The summed E-state index contributed by atoms with van der Waals surface area (Å²) in [7, 11) is 0. The molecular formula is C23H29Cl2N5O2. The molecule has 0 unspecified atom stereocenters. The summed E-state index contributed by atoms with van der Waals surface area (Å²) in [5.74, 6) is 0.646. The Labute approximate surface area is 199 Å². The molecule has 3 heterocycles. The molecule has 2 saturated heterocycles. The van der Waals surface area contributed by atoms with Crippen molar-refractivity contribution in [1.82, 2.24) is 14.8 Å². The Morgan fingerprint density at radius 2 is 1.84 bits per heavy atom. The molecule has 1 aromatic heterocycles. The van der Waals surface area contributed by atoms with Crippen LogP contribution in [0.15, 0.2) is 36.5 Å². The van der Waals surface area contributed by atoms with Crippen molar-refractivity contribution in [3.63, 3.8) is 0 Å². The van der Waals surface area contributed by atoms with Crippen LogP contribution in [0.2, 0.25) is 10.0 Å². The Kier molecular flexibility index (Phi) is 7.51. The standard InChI is InChI=1S/C23H29Cl2N5O2/c1-2-19-16-28(23-22(25)13-21(14-26-23)30(31)32)11-12-29(19)20-7-9-27(10-8-20)15-17-3-5-18(24)6-4-17/h3-6,13-14,19-20H,2,7-12,15-16H2,1H3/t19-/m0/s1. The van der Waals surface area contributed by atoms with Crippen LogP contribution in [0.4, 0.5) is 11.5 Å². The summed E-state index contributed by atoms with van der Waals surface area (Å²) < 4.78 is 0. The zero-order chi connectivity index (χ0) is 22.7. The van der Waals surface area contributed by atoms with Crippen molar-refractivity contribution in [1.29, 1.82) is 0 Å². The van der Waals surface area contributed by atoms with E-state index in [9.17, 15) is 10.1 Å². The minimum absolute atomic E-state index is 0.0743.